The van der Waals surface area contributed by atoms with Crippen molar-refractivity contribution in [3.05, 3.63) is 59.7 Å². The van der Waals surface area contributed by atoms with Gasteiger partial charge in [0, 0.05) is 6.54 Å². The van der Waals surface area contributed by atoms with Gasteiger partial charge in [0.15, 0.2) is 0 Å². The molecule has 0 radical (unpaired) electrons. The average molecular weight is 291 g/mol. The largest absolute Gasteiger partial charge is 0.497 e. The number of rotatable bonds is 5. The van der Waals surface area contributed by atoms with Gasteiger partial charge in [-0.2, -0.15) is 0 Å². The van der Waals surface area contributed by atoms with E-state index < -0.39 is 10.0 Å². The first-order valence-electron chi connectivity index (χ1n) is 6.20. The van der Waals surface area contributed by atoms with Gasteiger partial charge in [0.2, 0.25) is 10.0 Å². The summed E-state index contributed by atoms with van der Waals surface area (Å²) in [5, 5.41) is 0. The smallest absolute Gasteiger partial charge is 0.240 e. The summed E-state index contributed by atoms with van der Waals surface area (Å²) in [6.45, 7) is 2.25. The van der Waals surface area contributed by atoms with Crippen LogP contribution in [0.2, 0.25) is 0 Å². The van der Waals surface area contributed by atoms with Crippen LogP contribution in [0.4, 0.5) is 0 Å². The number of hydrogen-bond donors (Lipinski definition) is 1. The van der Waals surface area contributed by atoms with Crippen LogP contribution in [0.15, 0.2) is 53.4 Å². The van der Waals surface area contributed by atoms with Gasteiger partial charge in [-0.05, 0) is 36.8 Å². The third kappa shape index (κ3) is 3.59. The van der Waals surface area contributed by atoms with Crippen LogP contribution >= 0.6 is 0 Å². The third-order valence-electron chi connectivity index (χ3n) is 2.92. The average Bonchev–Trinajstić information content (AvgIpc) is 2.45. The molecule has 1 N–H and O–H groups in total. The molecule has 5 heteroatoms. The van der Waals surface area contributed by atoms with Crippen LogP contribution in [-0.4, -0.2) is 15.5 Å². The monoisotopic (exact) mass is 291 g/mol. The highest BCUT2D eigenvalue weighted by atomic mass is 32.2. The fraction of sp³-hybridized carbons (Fsp3) is 0.200. The molecule has 20 heavy (non-hydrogen) atoms. The van der Waals surface area contributed by atoms with Crippen LogP contribution in [0, 0.1) is 6.92 Å². The van der Waals surface area contributed by atoms with Crippen molar-refractivity contribution in [2.24, 2.45) is 0 Å². The van der Waals surface area contributed by atoms with Crippen LogP contribution in [0.3, 0.4) is 0 Å². The lowest BCUT2D eigenvalue weighted by Gasteiger charge is -2.08. The second-order valence-corrected chi connectivity index (χ2v) is 6.26. The van der Waals surface area contributed by atoms with Gasteiger partial charge in [-0.25, -0.2) is 13.1 Å². The van der Waals surface area contributed by atoms with Gasteiger partial charge in [-0.15, -0.1) is 0 Å². The van der Waals surface area contributed by atoms with Crippen LogP contribution < -0.4 is 9.46 Å². The first-order valence-corrected chi connectivity index (χ1v) is 7.69. The molecule has 106 valence electrons. The first kappa shape index (κ1) is 14.6. The summed E-state index contributed by atoms with van der Waals surface area (Å²) in [5.41, 5.74) is 2.04. The molecule has 2 aromatic carbocycles. The van der Waals surface area contributed by atoms with E-state index in [-0.39, 0.29) is 11.4 Å². The maximum Gasteiger partial charge on any atom is 0.240 e. The lowest BCUT2D eigenvalue weighted by molar-refractivity contribution is 0.414. The quantitative estimate of drug-likeness (QED) is 0.920. The molecule has 0 unspecified atom stereocenters. The lowest BCUT2D eigenvalue weighted by atomic mass is 10.1. The van der Waals surface area contributed by atoms with E-state index in [9.17, 15) is 8.42 Å². The summed E-state index contributed by atoms with van der Waals surface area (Å²) in [5.74, 6) is 0.627. The predicted molar refractivity (Wildman–Crippen MR) is 78.2 cm³/mol. The number of ether oxygens (including phenoxy) is 1. The zero-order chi connectivity index (χ0) is 14.6. The Morgan fingerprint density at radius 1 is 1.10 bits per heavy atom. The van der Waals surface area contributed by atoms with Gasteiger partial charge in [-0.3, -0.25) is 0 Å². The second-order valence-electron chi connectivity index (χ2n) is 4.49. The fourth-order valence-electron chi connectivity index (χ4n) is 1.84. The summed E-state index contributed by atoms with van der Waals surface area (Å²) in [6.07, 6.45) is 0. The highest BCUT2D eigenvalue weighted by molar-refractivity contribution is 7.89. The molecule has 0 aliphatic rings. The first-order chi connectivity index (χ1) is 9.51. The molecule has 0 fully saturated rings. The molecule has 4 nitrogen and oxygen atoms in total. The van der Waals surface area contributed by atoms with E-state index in [2.05, 4.69) is 4.72 Å². The van der Waals surface area contributed by atoms with Gasteiger partial charge >= 0.3 is 0 Å². The Kier molecular flexibility index (Phi) is 4.42. The van der Waals surface area contributed by atoms with E-state index in [4.69, 9.17) is 4.74 Å². The summed E-state index contributed by atoms with van der Waals surface area (Å²) >= 11 is 0. The molecule has 0 bridgehead atoms. The summed E-state index contributed by atoms with van der Waals surface area (Å²) in [7, 11) is -1.96. The van der Waals surface area contributed by atoms with Crippen LogP contribution in [0.5, 0.6) is 5.75 Å². The molecule has 0 saturated carbocycles. The van der Waals surface area contributed by atoms with Crippen molar-refractivity contribution in [3.63, 3.8) is 0 Å². The number of benzene rings is 2. The van der Waals surface area contributed by atoms with Crippen molar-refractivity contribution in [1.29, 1.82) is 0 Å². The Hall–Kier alpha value is -1.85. The minimum atomic E-state index is -3.50. The predicted octanol–water partition coefficient (Wildman–Crippen LogP) is 2.48. The molecular weight excluding hydrogens is 274 g/mol. The van der Waals surface area contributed by atoms with Crippen molar-refractivity contribution in [2.75, 3.05) is 7.11 Å². The van der Waals surface area contributed by atoms with Gasteiger partial charge in [-0.1, -0.05) is 29.8 Å². The molecule has 2 rings (SSSR count). The Morgan fingerprint density at radius 3 is 2.40 bits per heavy atom. The molecule has 0 aromatic heterocycles. The molecule has 0 saturated heterocycles. The van der Waals surface area contributed by atoms with Crippen LogP contribution in [0.1, 0.15) is 11.1 Å². The molecular formula is C15H17NO3S. The summed E-state index contributed by atoms with van der Waals surface area (Å²) in [6, 6.07) is 14.0. The maximum atomic E-state index is 12.1. The molecule has 0 heterocycles. The van der Waals surface area contributed by atoms with Gasteiger partial charge in [0.05, 0.1) is 12.0 Å². The van der Waals surface area contributed by atoms with Crippen molar-refractivity contribution < 1.29 is 13.2 Å². The van der Waals surface area contributed by atoms with Crippen molar-refractivity contribution in [3.8, 4) is 5.75 Å². The van der Waals surface area contributed by atoms with E-state index in [0.717, 1.165) is 11.1 Å². The van der Waals surface area contributed by atoms with Crippen molar-refractivity contribution in [2.45, 2.75) is 18.4 Å². The van der Waals surface area contributed by atoms with E-state index in [1.165, 1.54) is 12.1 Å². The number of nitrogens with one attached hydrogen (secondary N) is 1. The van der Waals surface area contributed by atoms with Crippen molar-refractivity contribution >= 4 is 10.0 Å². The number of sulfonamides is 1. The highest BCUT2D eigenvalue weighted by Gasteiger charge is 2.13. The Bertz CT molecular complexity index is 679. The van der Waals surface area contributed by atoms with Crippen LogP contribution in [0.25, 0.3) is 0 Å². The molecule has 0 amide bonds. The number of methoxy groups -OCH3 is 1. The normalized spacial score (nSPS) is 11.3. The van der Waals surface area contributed by atoms with E-state index >= 15 is 0 Å². The topological polar surface area (TPSA) is 55.4 Å². The maximum absolute atomic E-state index is 12.1. The van der Waals surface area contributed by atoms with Gasteiger partial charge in [0.1, 0.15) is 5.75 Å². The molecule has 0 aliphatic carbocycles. The minimum absolute atomic E-state index is 0.228. The minimum Gasteiger partial charge on any atom is -0.497 e. The molecule has 0 atom stereocenters. The number of aryl methyl sites for hydroxylation is 1. The van der Waals surface area contributed by atoms with Crippen LogP contribution in [-0.2, 0) is 16.6 Å². The standard InChI is InChI=1S/C15H17NO3S/c1-12-4-3-5-13(10-12)11-16-20(17,18)15-8-6-14(19-2)7-9-15/h3-10,16H,11H2,1-2H3. The van der Waals surface area contributed by atoms with Gasteiger partial charge in [0.25, 0.3) is 0 Å². The van der Waals surface area contributed by atoms with E-state index in [1.807, 2.05) is 31.2 Å². The Morgan fingerprint density at radius 2 is 1.80 bits per heavy atom. The molecule has 0 aliphatic heterocycles. The SMILES string of the molecule is COc1ccc(S(=O)(=O)NCc2cccc(C)c2)cc1. The molecule has 0 spiro atoms. The molecule has 2 aromatic rings. The Balaban J connectivity index is 2.10. The summed E-state index contributed by atoms with van der Waals surface area (Å²) < 4.78 is 31.9. The van der Waals surface area contributed by atoms with E-state index in [1.54, 1.807) is 19.2 Å². The number of hydrogen-bond acceptors (Lipinski definition) is 3. The van der Waals surface area contributed by atoms with Crippen molar-refractivity contribution in [1.82, 2.24) is 4.72 Å². The zero-order valence-electron chi connectivity index (χ0n) is 11.5. The summed E-state index contributed by atoms with van der Waals surface area (Å²) in [4.78, 5) is 0.228. The third-order valence-corrected chi connectivity index (χ3v) is 4.34. The van der Waals surface area contributed by atoms with Gasteiger partial charge < -0.3 is 4.74 Å². The zero-order valence-corrected chi connectivity index (χ0v) is 12.3. The Labute approximate surface area is 119 Å². The van der Waals surface area contributed by atoms with E-state index in [0.29, 0.717) is 5.75 Å². The highest BCUT2D eigenvalue weighted by Crippen LogP contribution is 2.15. The second kappa shape index (κ2) is 6.07. The fourth-order valence-corrected chi connectivity index (χ4v) is 2.86. The lowest BCUT2D eigenvalue weighted by Crippen LogP contribution is -2.23.